The lowest BCUT2D eigenvalue weighted by molar-refractivity contribution is -0.197. The topological polar surface area (TPSA) is 138 Å². The van der Waals surface area contributed by atoms with E-state index in [1.54, 1.807) is 0 Å². The van der Waals surface area contributed by atoms with Crippen molar-refractivity contribution in [3.8, 4) is 0 Å². The van der Waals surface area contributed by atoms with E-state index in [4.69, 9.17) is 0 Å². The molecule has 1 unspecified atom stereocenters. The third-order valence-corrected chi connectivity index (χ3v) is 3.35. The van der Waals surface area contributed by atoms with Gasteiger partial charge >= 0.3 is 5.97 Å². The van der Waals surface area contributed by atoms with Crippen molar-refractivity contribution in [2.24, 2.45) is 0 Å². The van der Waals surface area contributed by atoms with Gasteiger partial charge in [-0.2, -0.15) is 0 Å². The third kappa shape index (κ3) is 3.83. The maximum atomic E-state index is 11.4. The predicted molar refractivity (Wildman–Crippen MR) is 56.0 cm³/mol. The van der Waals surface area contributed by atoms with Gasteiger partial charge in [-0.05, 0) is 6.92 Å². The molecule has 0 N–H and O–H groups in total. The van der Waals surface area contributed by atoms with Gasteiger partial charge in [0, 0.05) is 6.42 Å². The summed E-state index contributed by atoms with van der Waals surface area (Å²) in [5, 5.41) is -2.11. The Morgan fingerprint density at radius 3 is 2.37 bits per heavy atom. The van der Waals surface area contributed by atoms with E-state index in [9.17, 15) is 32.1 Å². The molecule has 0 radical (unpaired) electrons. The molecule has 0 aromatic carbocycles. The van der Waals surface area contributed by atoms with Crippen LogP contribution in [0.4, 0.5) is 0 Å². The zero-order valence-electron chi connectivity index (χ0n) is 9.82. The highest BCUT2D eigenvalue weighted by Crippen LogP contribution is 2.19. The summed E-state index contributed by atoms with van der Waals surface area (Å²) in [6.45, 7) is 1.24. The lowest BCUT2D eigenvalue weighted by Crippen LogP contribution is -2.36. The van der Waals surface area contributed by atoms with Crippen molar-refractivity contribution >= 4 is 33.7 Å². The number of hydroxylamine groups is 2. The van der Waals surface area contributed by atoms with Crippen molar-refractivity contribution in [1.82, 2.24) is 5.06 Å². The first-order valence-corrected chi connectivity index (χ1v) is 6.62. The van der Waals surface area contributed by atoms with E-state index in [2.05, 4.69) is 4.84 Å². The average molecular weight is 292 g/mol. The van der Waals surface area contributed by atoms with Crippen LogP contribution in [0.5, 0.6) is 0 Å². The van der Waals surface area contributed by atoms with Gasteiger partial charge in [-0.1, -0.05) is 0 Å². The molecule has 1 aliphatic rings. The monoisotopic (exact) mass is 292 g/mol. The van der Waals surface area contributed by atoms with Crippen molar-refractivity contribution in [2.45, 2.75) is 31.4 Å². The molecular weight excluding hydrogens is 282 g/mol. The van der Waals surface area contributed by atoms with Crippen LogP contribution in [0.25, 0.3) is 0 Å². The van der Waals surface area contributed by atoms with Crippen molar-refractivity contribution in [2.75, 3.05) is 0 Å². The molecule has 0 spiro atoms. The minimum absolute atomic E-state index is 0.0391. The Bertz CT molecular complexity index is 536. The standard InChI is InChI=1S/C9H11NO8S/c1-5(11)2-3-8(13)18-10-7(12)4-6(9(10)14)19(15,16)17/h6H,2-4H2,1H3,(H,15,16,17)/p-1. The highest BCUT2D eigenvalue weighted by atomic mass is 32.2. The molecule has 0 aromatic rings. The van der Waals surface area contributed by atoms with E-state index in [-0.39, 0.29) is 23.7 Å². The molecular formula is C9H10NO8S-. The summed E-state index contributed by atoms with van der Waals surface area (Å²) in [6, 6.07) is 0. The molecule has 1 aliphatic heterocycles. The van der Waals surface area contributed by atoms with Gasteiger partial charge < -0.3 is 14.2 Å². The highest BCUT2D eigenvalue weighted by Gasteiger charge is 2.45. The Balaban J connectivity index is 2.70. The van der Waals surface area contributed by atoms with Crippen LogP contribution in [0.15, 0.2) is 0 Å². The van der Waals surface area contributed by atoms with Crippen LogP contribution in [0.3, 0.4) is 0 Å². The molecule has 0 aromatic heterocycles. The van der Waals surface area contributed by atoms with Crippen molar-refractivity contribution in [3.63, 3.8) is 0 Å². The van der Waals surface area contributed by atoms with Gasteiger partial charge in [0.1, 0.15) is 21.2 Å². The van der Waals surface area contributed by atoms with E-state index in [0.717, 1.165) is 0 Å². The van der Waals surface area contributed by atoms with Crippen molar-refractivity contribution in [1.29, 1.82) is 0 Å². The lowest BCUT2D eigenvalue weighted by atomic mass is 10.2. The first kappa shape index (κ1) is 15.2. The van der Waals surface area contributed by atoms with Gasteiger partial charge in [0.25, 0.3) is 11.8 Å². The van der Waals surface area contributed by atoms with Crippen LogP contribution in [0.2, 0.25) is 0 Å². The smallest absolute Gasteiger partial charge is 0.333 e. The molecule has 19 heavy (non-hydrogen) atoms. The van der Waals surface area contributed by atoms with Gasteiger partial charge in [0.05, 0.1) is 12.8 Å². The number of ketones is 1. The number of carbonyl (C=O) groups is 4. The maximum Gasteiger partial charge on any atom is 0.333 e. The van der Waals surface area contributed by atoms with Gasteiger partial charge in [-0.3, -0.25) is 9.59 Å². The molecule has 0 aliphatic carbocycles. The number of carbonyl (C=O) groups excluding carboxylic acids is 4. The molecule has 1 heterocycles. The van der Waals surface area contributed by atoms with E-state index in [1.807, 2.05) is 0 Å². The average Bonchev–Trinajstić information content (AvgIpc) is 2.54. The summed E-state index contributed by atoms with van der Waals surface area (Å²) in [5.41, 5.74) is 0. The van der Waals surface area contributed by atoms with E-state index < -0.39 is 39.6 Å². The highest BCUT2D eigenvalue weighted by molar-refractivity contribution is 7.87. The number of hydrogen-bond donors (Lipinski definition) is 0. The Morgan fingerprint density at radius 1 is 1.37 bits per heavy atom. The van der Waals surface area contributed by atoms with Crippen LogP contribution in [-0.4, -0.2) is 46.9 Å². The minimum Gasteiger partial charge on any atom is -0.747 e. The van der Waals surface area contributed by atoms with Crippen LogP contribution in [0, 0.1) is 0 Å². The molecule has 1 atom stereocenters. The molecule has 0 saturated carbocycles. The molecule has 1 fully saturated rings. The minimum atomic E-state index is -4.99. The number of amides is 2. The summed E-state index contributed by atoms with van der Waals surface area (Å²) < 4.78 is 32.1. The van der Waals surface area contributed by atoms with Crippen molar-refractivity contribution in [3.05, 3.63) is 0 Å². The second-order valence-corrected chi connectivity index (χ2v) is 5.43. The molecule has 9 nitrogen and oxygen atoms in total. The molecule has 1 saturated heterocycles. The molecule has 0 bridgehead atoms. The number of Topliss-reactive ketones (excluding diaryl/α,β-unsaturated/α-hetero) is 1. The summed E-state index contributed by atoms with van der Waals surface area (Å²) in [7, 11) is -4.99. The first-order valence-electron chi connectivity index (χ1n) is 5.14. The summed E-state index contributed by atoms with van der Waals surface area (Å²) in [4.78, 5) is 48.9. The fraction of sp³-hybridized carbons (Fsp3) is 0.556. The SMILES string of the molecule is CC(=O)CCC(=O)ON1C(=O)CC(S(=O)(=O)[O-])C1=O. The largest absolute Gasteiger partial charge is 0.747 e. The quantitative estimate of drug-likeness (QED) is 0.440. The van der Waals surface area contributed by atoms with Gasteiger partial charge in [0.2, 0.25) is 0 Å². The van der Waals surface area contributed by atoms with Crippen LogP contribution in [0.1, 0.15) is 26.2 Å². The summed E-state index contributed by atoms with van der Waals surface area (Å²) in [5.74, 6) is -3.82. The second-order valence-electron chi connectivity index (χ2n) is 3.88. The Hall–Kier alpha value is -1.81. The molecule has 10 heteroatoms. The molecule has 2 amide bonds. The Morgan fingerprint density at radius 2 is 1.95 bits per heavy atom. The second kappa shape index (κ2) is 5.45. The zero-order chi connectivity index (χ0) is 14.8. The van der Waals surface area contributed by atoms with Crippen molar-refractivity contribution < 1.29 is 37.0 Å². The van der Waals surface area contributed by atoms with Crippen LogP contribution >= 0.6 is 0 Å². The van der Waals surface area contributed by atoms with E-state index in [0.29, 0.717) is 0 Å². The van der Waals surface area contributed by atoms with E-state index in [1.165, 1.54) is 6.92 Å². The van der Waals surface area contributed by atoms with Crippen LogP contribution < -0.4 is 0 Å². The lowest BCUT2D eigenvalue weighted by Gasteiger charge is -2.15. The number of hydrogen-bond acceptors (Lipinski definition) is 8. The third-order valence-electron chi connectivity index (χ3n) is 2.28. The first-order chi connectivity index (χ1) is 8.62. The fourth-order valence-electron chi connectivity index (χ4n) is 1.33. The normalized spacial score (nSPS) is 19.7. The van der Waals surface area contributed by atoms with Gasteiger partial charge in [-0.15, -0.1) is 5.06 Å². The Kier molecular flexibility index (Phi) is 4.37. The fourth-order valence-corrected chi connectivity index (χ4v) is 2.02. The zero-order valence-corrected chi connectivity index (χ0v) is 10.6. The van der Waals surface area contributed by atoms with Crippen LogP contribution in [-0.2, 0) is 34.1 Å². The number of imide groups is 1. The van der Waals surface area contributed by atoms with Gasteiger partial charge in [0.15, 0.2) is 0 Å². The summed E-state index contributed by atoms with van der Waals surface area (Å²) in [6.07, 6.45) is -1.36. The maximum absolute atomic E-state index is 11.4. The predicted octanol–water partition coefficient (Wildman–Crippen LogP) is -1.51. The van der Waals surface area contributed by atoms with E-state index >= 15 is 0 Å². The molecule has 1 rings (SSSR count). The Labute approximate surface area is 108 Å². The number of rotatable bonds is 5. The summed E-state index contributed by atoms with van der Waals surface area (Å²) >= 11 is 0. The van der Waals surface area contributed by atoms with Gasteiger partial charge in [-0.25, -0.2) is 13.2 Å². The molecule has 106 valence electrons. The number of nitrogens with zero attached hydrogens (tertiary/aromatic N) is 1.